The summed E-state index contributed by atoms with van der Waals surface area (Å²) in [5.41, 5.74) is 0.251. The third kappa shape index (κ3) is 2.52. The molecule has 0 atom stereocenters. The molecule has 78 valence electrons. The number of rotatable bonds is 2. The first-order valence-corrected chi connectivity index (χ1v) is 5.09. The molecule has 0 bridgehead atoms. The molecule has 0 N–H and O–H groups in total. The highest BCUT2D eigenvalue weighted by Crippen LogP contribution is 2.18. The van der Waals surface area contributed by atoms with Crippen LogP contribution in [0.5, 0.6) is 11.6 Å². The van der Waals surface area contributed by atoms with Crippen molar-refractivity contribution in [3.05, 3.63) is 41.0 Å². The number of pyridine rings is 1. The van der Waals surface area contributed by atoms with E-state index < -0.39 is 0 Å². The van der Waals surface area contributed by atoms with Gasteiger partial charge in [0, 0.05) is 0 Å². The Morgan fingerprint density at radius 2 is 2.00 bits per heavy atom. The number of hydrogen-bond donors (Lipinski definition) is 0. The van der Waals surface area contributed by atoms with Gasteiger partial charge >= 0.3 is 0 Å². The molecular weight excluding hydrogens is 272 g/mol. The van der Waals surface area contributed by atoms with Crippen LogP contribution in [-0.4, -0.2) is 15.0 Å². The van der Waals surface area contributed by atoms with E-state index in [4.69, 9.17) is 10.00 Å². The average molecular weight is 277 g/mol. The van der Waals surface area contributed by atoms with Crippen molar-refractivity contribution in [3.63, 3.8) is 0 Å². The van der Waals surface area contributed by atoms with Crippen molar-refractivity contribution < 1.29 is 4.74 Å². The Morgan fingerprint density at radius 3 is 2.56 bits per heavy atom. The number of nitriles is 1. The molecule has 16 heavy (non-hydrogen) atoms. The van der Waals surface area contributed by atoms with Crippen LogP contribution in [0, 0.1) is 11.3 Å². The fourth-order valence-corrected chi connectivity index (χ4v) is 1.20. The SMILES string of the molecule is N#Cc1cnc(Oc2ccc(Br)nc2)cn1. The molecule has 0 amide bonds. The summed E-state index contributed by atoms with van der Waals surface area (Å²) in [7, 11) is 0. The van der Waals surface area contributed by atoms with E-state index in [2.05, 4.69) is 30.9 Å². The van der Waals surface area contributed by atoms with Crippen molar-refractivity contribution in [2.75, 3.05) is 0 Å². The second-order valence-electron chi connectivity index (χ2n) is 2.77. The Bertz CT molecular complexity index is 518. The molecule has 0 saturated heterocycles. The van der Waals surface area contributed by atoms with E-state index in [1.54, 1.807) is 18.3 Å². The van der Waals surface area contributed by atoms with Gasteiger partial charge in [0.05, 0.1) is 18.6 Å². The van der Waals surface area contributed by atoms with Crippen LogP contribution >= 0.6 is 15.9 Å². The molecule has 0 aliphatic rings. The highest BCUT2D eigenvalue weighted by Gasteiger charge is 2.00. The van der Waals surface area contributed by atoms with Crippen LogP contribution in [-0.2, 0) is 0 Å². The molecule has 2 rings (SSSR count). The first-order chi connectivity index (χ1) is 7.78. The van der Waals surface area contributed by atoms with Gasteiger partial charge in [0.15, 0.2) is 5.69 Å². The molecule has 0 unspecified atom stereocenters. The molecule has 2 heterocycles. The molecule has 5 nitrogen and oxygen atoms in total. The molecule has 2 aromatic rings. The number of nitrogens with zero attached hydrogens (tertiary/aromatic N) is 4. The van der Waals surface area contributed by atoms with Crippen LogP contribution in [0.1, 0.15) is 5.69 Å². The monoisotopic (exact) mass is 276 g/mol. The summed E-state index contributed by atoms with van der Waals surface area (Å²) in [6, 6.07) is 5.38. The van der Waals surface area contributed by atoms with Gasteiger partial charge in [-0.2, -0.15) is 5.26 Å². The number of aromatic nitrogens is 3. The third-order valence-electron chi connectivity index (χ3n) is 1.67. The van der Waals surface area contributed by atoms with Gasteiger partial charge in [-0.1, -0.05) is 0 Å². The zero-order valence-corrected chi connectivity index (χ0v) is 9.55. The summed E-state index contributed by atoms with van der Waals surface area (Å²) in [4.78, 5) is 11.8. The molecule has 6 heteroatoms. The largest absolute Gasteiger partial charge is 0.436 e. The minimum absolute atomic E-state index is 0.251. The first-order valence-electron chi connectivity index (χ1n) is 4.29. The Morgan fingerprint density at radius 1 is 1.12 bits per heavy atom. The van der Waals surface area contributed by atoms with Crippen molar-refractivity contribution in [2.45, 2.75) is 0 Å². The van der Waals surface area contributed by atoms with Gasteiger partial charge < -0.3 is 4.74 Å². The number of halogens is 1. The van der Waals surface area contributed by atoms with Crippen molar-refractivity contribution in [1.29, 1.82) is 5.26 Å². The number of ether oxygens (including phenoxy) is 1. The van der Waals surface area contributed by atoms with Crippen molar-refractivity contribution in [3.8, 4) is 17.7 Å². The smallest absolute Gasteiger partial charge is 0.237 e. The number of hydrogen-bond acceptors (Lipinski definition) is 5. The van der Waals surface area contributed by atoms with E-state index in [1.165, 1.54) is 12.4 Å². The minimum atomic E-state index is 0.251. The van der Waals surface area contributed by atoms with E-state index in [9.17, 15) is 0 Å². The Kier molecular flexibility index (Phi) is 3.08. The molecule has 0 radical (unpaired) electrons. The van der Waals surface area contributed by atoms with Gasteiger partial charge in [-0.3, -0.25) is 0 Å². The van der Waals surface area contributed by atoms with Gasteiger partial charge in [-0.25, -0.2) is 15.0 Å². The maximum absolute atomic E-state index is 8.54. The predicted octanol–water partition coefficient (Wildman–Crippen LogP) is 2.30. The average Bonchev–Trinajstić information content (AvgIpc) is 2.33. The Balaban J connectivity index is 2.15. The zero-order valence-electron chi connectivity index (χ0n) is 7.96. The van der Waals surface area contributed by atoms with Crippen LogP contribution in [0.15, 0.2) is 35.3 Å². The van der Waals surface area contributed by atoms with Crippen LogP contribution in [0.3, 0.4) is 0 Å². The fourth-order valence-electron chi connectivity index (χ4n) is 0.970. The lowest BCUT2D eigenvalue weighted by Crippen LogP contribution is -1.91. The summed E-state index contributed by atoms with van der Waals surface area (Å²) in [6.45, 7) is 0. The summed E-state index contributed by atoms with van der Waals surface area (Å²) in [5, 5.41) is 8.54. The van der Waals surface area contributed by atoms with E-state index in [1.807, 2.05) is 6.07 Å². The standard InChI is InChI=1S/C10H5BrN4O/c11-9-2-1-8(5-14-9)16-10-6-13-7(3-12)4-15-10/h1-2,4-6H. The van der Waals surface area contributed by atoms with Gasteiger partial charge in [0.1, 0.15) is 16.4 Å². The van der Waals surface area contributed by atoms with Crippen molar-refractivity contribution in [2.24, 2.45) is 0 Å². The lowest BCUT2D eigenvalue weighted by Gasteiger charge is -2.02. The van der Waals surface area contributed by atoms with E-state index in [0.29, 0.717) is 11.6 Å². The zero-order chi connectivity index (χ0) is 11.4. The first kappa shape index (κ1) is 10.5. The highest BCUT2D eigenvalue weighted by molar-refractivity contribution is 9.10. The maximum Gasteiger partial charge on any atom is 0.237 e. The van der Waals surface area contributed by atoms with Crippen LogP contribution in [0.25, 0.3) is 0 Å². The second kappa shape index (κ2) is 4.68. The second-order valence-corrected chi connectivity index (χ2v) is 3.58. The lowest BCUT2D eigenvalue weighted by atomic mass is 10.4. The van der Waals surface area contributed by atoms with Crippen LogP contribution in [0.4, 0.5) is 0 Å². The summed E-state index contributed by atoms with van der Waals surface area (Å²) in [5.74, 6) is 0.880. The summed E-state index contributed by atoms with van der Waals surface area (Å²) < 4.78 is 6.09. The summed E-state index contributed by atoms with van der Waals surface area (Å²) in [6.07, 6.45) is 4.30. The maximum atomic E-state index is 8.54. The molecule has 2 aromatic heterocycles. The molecule has 0 fully saturated rings. The summed E-state index contributed by atoms with van der Waals surface area (Å²) >= 11 is 3.22. The predicted molar refractivity (Wildman–Crippen MR) is 58.8 cm³/mol. The van der Waals surface area contributed by atoms with Gasteiger partial charge in [0.2, 0.25) is 5.88 Å². The molecule has 0 aliphatic carbocycles. The fraction of sp³-hybridized carbons (Fsp3) is 0. The molecule has 0 aromatic carbocycles. The Hall–Kier alpha value is -2.00. The molecule has 0 aliphatic heterocycles. The van der Waals surface area contributed by atoms with Crippen LogP contribution in [0.2, 0.25) is 0 Å². The molecule has 0 spiro atoms. The van der Waals surface area contributed by atoms with E-state index >= 15 is 0 Å². The van der Waals surface area contributed by atoms with E-state index in [0.717, 1.165) is 4.60 Å². The normalized spacial score (nSPS) is 9.50. The van der Waals surface area contributed by atoms with Crippen molar-refractivity contribution in [1.82, 2.24) is 15.0 Å². The van der Waals surface area contributed by atoms with Crippen molar-refractivity contribution >= 4 is 15.9 Å². The van der Waals surface area contributed by atoms with Gasteiger partial charge in [-0.05, 0) is 28.1 Å². The topological polar surface area (TPSA) is 71.7 Å². The van der Waals surface area contributed by atoms with Crippen LogP contribution < -0.4 is 4.74 Å². The highest BCUT2D eigenvalue weighted by atomic mass is 79.9. The lowest BCUT2D eigenvalue weighted by molar-refractivity contribution is 0.457. The minimum Gasteiger partial charge on any atom is -0.436 e. The van der Waals surface area contributed by atoms with Gasteiger partial charge in [-0.15, -0.1) is 0 Å². The Labute approximate surface area is 99.9 Å². The van der Waals surface area contributed by atoms with E-state index in [-0.39, 0.29) is 5.69 Å². The molecule has 0 saturated carbocycles. The quantitative estimate of drug-likeness (QED) is 0.787. The van der Waals surface area contributed by atoms with Gasteiger partial charge in [0.25, 0.3) is 0 Å². The molecular formula is C10H5BrN4O. The third-order valence-corrected chi connectivity index (χ3v) is 2.13.